The van der Waals surface area contributed by atoms with E-state index in [0.717, 1.165) is 12.0 Å². The van der Waals surface area contributed by atoms with Gasteiger partial charge in [-0.3, -0.25) is 4.79 Å². The summed E-state index contributed by atoms with van der Waals surface area (Å²) in [4.78, 5) is 12.2. The van der Waals surface area contributed by atoms with Crippen LogP contribution in [0.4, 0.5) is 0 Å². The van der Waals surface area contributed by atoms with Crippen LogP contribution in [0.25, 0.3) is 0 Å². The molecule has 0 atom stereocenters. The van der Waals surface area contributed by atoms with Crippen LogP contribution in [-0.2, 0) is 17.6 Å². The molecule has 2 rings (SSSR count). The molecule has 122 valence electrons. The molecular weight excluding hydrogens is 280 g/mol. The number of hydrogen-bond acceptors (Lipinski definition) is 1. The van der Waals surface area contributed by atoms with Crippen LogP contribution < -0.4 is 0 Å². The van der Waals surface area contributed by atoms with E-state index in [1.807, 2.05) is 0 Å². The van der Waals surface area contributed by atoms with Crippen molar-refractivity contribution in [1.82, 2.24) is 0 Å². The number of Topliss-reactive ketones (excluding diaryl/α,β-unsaturated/α-hetero) is 1. The van der Waals surface area contributed by atoms with Crippen molar-refractivity contribution in [3.05, 3.63) is 70.8 Å². The summed E-state index contributed by atoms with van der Waals surface area (Å²) in [6.45, 7) is 8.77. The molecule has 0 spiro atoms. The monoisotopic (exact) mass is 308 g/mol. The van der Waals surface area contributed by atoms with Crippen molar-refractivity contribution in [2.75, 3.05) is 0 Å². The highest BCUT2D eigenvalue weighted by Gasteiger charge is 2.06. The van der Waals surface area contributed by atoms with Gasteiger partial charge >= 0.3 is 0 Å². The minimum atomic E-state index is 0.315. The van der Waals surface area contributed by atoms with Gasteiger partial charge in [-0.05, 0) is 40.5 Å². The van der Waals surface area contributed by atoms with Gasteiger partial charge < -0.3 is 0 Å². The summed E-state index contributed by atoms with van der Waals surface area (Å²) in [7, 11) is 0. The molecule has 0 saturated carbocycles. The van der Waals surface area contributed by atoms with Crippen LogP contribution >= 0.6 is 0 Å². The summed E-state index contributed by atoms with van der Waals surface area (Å²) in [6.07, 6.45) is 2.00. The quantitative estimate of drug-likeness (QED) is 0.643. The summed E-state index contributed by atoms with van der Waals surface area (Å²) in [6, 6.07) is 17.1. The van der Waals surface area contributed by atoms with E-state index in [1.165, 1.54) is 16.7 Å². The predicted octanol–water partition coefficient (Wildman–Crippen LogP) is 5.68. The number of rotatable bonds is 7. The molecule has 0 N–H and O–H groups in total. The summed E-state index contributed by atoms with van der Waals surface area (Å²) < 4.78 is 0. The van der Waals surface area contributed by atoms with Crippen LogP contribution in [0.5, 0.6) is 0 Å². The second-order valence-electron chi connectivity index (χ2n) is 7.01. The summed E-state index contributed by atoms with van der Waals surface area (Å²) in [5, 5.41) is 0. The standard InChI is InChI=1S/C22H28O/c1-16(2)20-10-5-18(6-11-20)9-14-22(23)15-19-7-12-21(13-8-19)17(3)4/h5-8,10-13,16-17H,9,14-15H2,1-4H3. The smallest absolute Gasteiger partial charge is 0.137 e. The first-order valence-electron chi connectivity index (χ1n) is 8.65. The van der Waals surface area contributed by atoms with Crippen molar-refractivity contribution in [1.29, 1.82) is 0 Å². The van der Waals surface area contributed by atoms with Gasteiger partial charge in [-0.2, -0.15) is 0 Å². The van der Waals surface area contributed by atoms with Gasteiger partial charge in [0.05, 0.1) is 0 Å². The lowest BCUT2D eigenvalue weighted by molar-refractivity contribution is -0.118. The van der Waals surface area contributed by atoms with Gasteiger partial charge in [-0.1, -0.05) is 76.2 Å². The molecule has 0 amide bonds. The first kappa shape index (κ1) is 17.5. The van der Waals surface area contributed by atoms with E-state index >= 15 is 0 Å². The van der Waals surface area contributed by atoms with Crippen LogP contribution in [0, 0.1) is 0 Å². The molecule has 0 aliphatic rings. The number of hydrogen-bond donors (Lipinski definition) is 0. The fourth-order valence-electron chi connectivity index (χ4n) is 2.69. The molecule has 2 aromatic carbocycles. The second kappa shape index (κ2) is 8.10. The molecular formula is C22H28O. The number of carbonyl (C=O) groups is 1. The molecule has 1 nitrogen and oxygen atoms in total. The molecule has 2 aromatic rings. The summed E-state index contributed by atoms with van der Waals surface area (Å²) >= 11 is 0. The van der Waals surface area contributed by atoms with Crippen LogP contribution in [0.3, 0.4) is 0 Å². The lowest BCUT2D eigenvalue weighted by atomic mass is 9.97. The Bertz CT molecular complexity index is 618. The average Bonchev–Trinajstić information content (AvgIpc) is 2.54. The minimum absolute atomic E-state index is 0.315. The number of benzene rings is 2. The van der Waals surface area contributed by atoms with Crippen molar-refractivity contribution in [3.63, 3.8) is 0 Å². The van der Waals surface area contributed by atoms with Gasteiger partial charge in [0.1, 0.15) is 5.78 Å². The molecule has 0 fully saturated rings. The third kappa shape index (κ3) is 5.35. The Morgan fingerprint density at radius 1 is 0.739 bits per heavy atom. The van der Waals surface area contributed by atoms with Crippen molar-refractivity contribution in [3.8, 4) is 0 Å². The maximum atomic E-state index is 12.2. The molecule has 0 saturated heterocycles. The molecule has 0 aromatic heterocycles. The van der Waals surface area contributed by atoms with Crippen molar-refractivity contribution in [2.45, 2.75) is 58.8 Å². The van der Waals surface area contributed by atoms with E-state index < -0.39 is 0 Å². The van der Waals surface area contributed by atoms with E-state index in [0.29, 0.717) is 30.5 Å². The maximum absolute atomic E-state index is 12.2. The lowest BCUT2D eigenvalue weighted by Crippen LogP contribution is -2.04. The SMILES string of the molecule is CC(C)c1ccc(CCC(=O)Cc2ccc(C(C)C)cc2)cc1. The van der Waals surface area contributed by atoms with Crippen LogP contribution in [-0.4, -0.2) is 5.78 Å². The number of ketones is 1. The van der Waals surface area contributed by atoms with E-state index in [2.05, 4.69) is 76.2 Å². The van der Waals surface area contributed by atoms with Crippen molar-refractivity contribution < 1.29 is 4.79 Å². The van der Waals surface area contributed by atoms with E-state index in [-0.39, 0.29) is 0 Å². The van der Waals surface area contributed by atoms with Gasteiger partial charge in [0, 0.05) is 12.8 Å². The average molecular weight is 308 g/mol. The summed E-state index contributed by atoms with van der Waals surface area (Å²) in [5.74, 6) is 1.41. The Kier molecular flexibility index (Phi) is 6.15. The molecule has 0 heterocycles. The van der Waals surface area contributed by atoms with Gasteiger partial charge in [-0.25, -0.2) is 0 Å². The molecule has 0 radical (unpaired) electrons. The summed E-state index contributed by atoms with van der Waals surface area (Å²) in [5.41, 5.74) is 5.05. The zero-order valence-electron chi connectivity index (χ0n) is 14.8. The van der Waals surface area contributed by atoms with Gasteiger partial charge in [-0.15, -0.1) is 0 Å². The molecule has 0 bridgehead atoms. The Morgan fingerprint density at radius 3 is 1.61 bits per heavy atom. The number of carbonyl (C=O) groups excluding carboxylic acids is 1. The highest BCUT2D eigenvalue weighted by Crippen LogP contribution is 2.17. The Morgan fingerprint density at radius 2 is 1.17 bits per heavy atom. The molecule has 23 heavy (non-hydrogen) atoms. The predicted molar refractivity (Wildman–Crippen MR) is 98.1 cm³/mol. The van der Waals surface area contributed by atoms with E-state index in [9.17, 15) is 4.79 Å². The second-order valence-corrected chi connectivity index (χ2v) is 7.01. The highest BCUT2D eigenvalue weighted by molar-refractivity contribution is 5.81. The molecule has 0 unspecified atom stereocenters. The maximum Gasteiger partial charge on any atom is 0.137 e. The van der Waals surface area contributed by atoms with Crippen LogP contribution in [0.2, 0.25) is 0 Å². The van der Waals surface area contributed by atoms with E-state index in [4.69, 9.17) is 0 Å². The normalized spacial score (nSPS) is 11.2. The van der Waals surface area contributed by atoms with Crippen molar-refractivity contribution in [2.24, 2.45) is 0 Å². The topological polar surface area (TPSA) is 17.1 Å². The zero-order valence-corrected chi connectivity index (χ0v) is 14.8. The Labute approximate surface area is 140 Å². The molecule has 0 aliphatic heterocycles. The fourth-order valence-corrected chi connectivity index (χ4v) is 2.69. The Balaban J connectivity index is 1.85. The third-order valence-electron chi connectivity index (χ3n) is 4.39. The first-order chi connectivity index (χ1) is 11.0. The lowest BCUT2D eigenvalue weighted by Gasteiger charge is -2.08. The van der Waals surface area contributed by atoms with Gasteiger partial charge in [0.2, 0.25) is 0 Å². The molecule has 1 heteroatoms. The minimum Gasteiger partial charge on any atom is -0.299 e. The number of aryl methyl sites for hydroxylation is 1. The van der Waals surface area contributed by atoms with Crippen LogP contribution in [0.15, 0.2) is 48.5 Å². The highest BCUT2D eigenvalue weighted by atomic mass is 16.1. The zero-order chi connectivity index (χ0) is 16.8. The van der Waals surface area contributed by atoms with Crippen LogP contribution in [0.1, 0.15) is 68.2 Å². The van der Waals surface area contributed by atoms with Gasteiger partial charge in [0.15, 0.2) is 0 Å². The largest absolute Gasteiger partial charge is 0.299 e. The van der Waals surface area contributed by atoms with Gasteiger partial charge in [0.25, 0.3) is 0 Å². The van der Waals surface area contributed by atoms with Crippen molar-refractivity contribution >= 4 is 5.78 Å². The molecule has 0 aliphatic carbocycles. The third-order valence-corrected chi connectivity index (χ3v) is 4.39. The van der Waals surface area contributed by atoms with E-state index in [1.54, 1.807) is 0 Å². The Hall–Kier alpha value is -1.89. The first-order valence-corrected chi connectivity index (χ1v) is 8.65. The fraction of sp³-hybridized carbons (Fsp3) is 0.409.